The normalized spacial score (nSPS) is 16.1. The van der Waals surface area contributed by atoms with Crippen LogP contribution in [0.4, 0.5) is 11.6 Å². The molecule has 9 heteroatoms. The maximum absolute atomic E-state index is 6.11. The molecule has 0 atom stereocenters. The van der Waals surface area contributed by atoms with Crippen LogP contribution >= 0.6 is 0 Å². The SMILES string of the molecule is Nc1ccc2nc(-c3ccc4c(c3)OCO4)c(CN3CCN(c4ncccn4)CC3)n2c1. The largest absolute Gasteiger partial charge is 0.454 e. The van der Waals surface area contributed by atoms with E-state index >= 15 is 0 Å². The van der Waals surface area contributed by atoms with Crippen LogP contribution in [0, 0.1) is 0 Å². The number of imidazole rings is 1. The van der Waals surface area contributed by atoms with Gasteiger partial charge in [0.2, 0.25) is 12.7 Å². The Morgan fingerprint density at radius 2 is 1.75 bits per heavy atom. The summed E-state index contributed by atoms with van der Waals surface area (Å²) in [4.78, 5) is 18.4. The van der Waals surface area contributed by atoms with Crippen molar-refractivity contribution in [1.82, 2.24) is 24.3 Å². The first-order valence-electron chi connectivity index (χ1n) is 10.7. The van der Waals surface area contributed by atoms with Crippen molar-refractivity contribution in [1.29, 1.82) is 0 Å². The second kappa shape index (κ2) is 7.69. The zero-order chi connectivity index (χ0) is 21.5. The van der Waals surface area contributed by atoms with Crippen molar-refractivity contribution < 1.29 is 9.47 Å². The van der Waals surface area contributed by atoms with Crippen molar-refractivity contribution in [3.63, 3.8) is 0 Å². The second-order valence-electron chi connectivity index (χ2n) is 7.98. The van der Waals surface area contributed by atoms with Crippen LogP contribution in [0.25, 0.3) is 16.9 Å². The zero-order valence-electron chi connectivity index (χ0n) is 17.5. The Labute approximate surface area is 185 Å². The highest BCUT2D eigenvalue weighted by Gasteiger charge is 2.23. The maximum Gasteiger partial charge on any atom is 0.231 e. The highest BCUT2D eigenvalue weighted by molar-refractivity contribution is 5.70. The lowest BCUT2D eigenvalue weighted by Crippen LogP contribution is -2.46. The summed E-state index contributed by atoms with van der Waals surface area (Å²) in [6, 6.07) is 11.7. The van der Waals surface area contributed by atoms with Crippen LogP contribution in [0.2, 0.25) is 0 Å². The molecule has 0 amide bonds. The predicted molar refractivity (Wildman–Crippen MR) is 121 cm³/mol. The molecule has 6 rings (SSSR count). The first-order chi connectivity index (χ1) is 15.7. The molecule has 1 fully saturated rings. The predicted octanol–water partition coefficient (Wildman–Crippen LogP) is 2.42. The monoisotopic (exact) mass is 429 g/mol. The quantitative estimate of drug-likeness (QED) is 0.529. The lowest BCUT2D eigenvalue weighted by molar-refractivity contribution is 0.174. The number of piperazine rings is 1. The summed E-state index contributed by atoms with van der Waals surface area (Å²) in [6.07, 6.45) is 5.52. The van der Waals surface area contributed by atoms with Gasteiger partial charge >= 0.3 is 0 Å². The number of hydrogen-bond donors (Lipinski definition) is 1. The number of benzene rings is 1. The molecule has 0 unspecified atom stereocenters. The van der Waals surface area contributed by atoms with E-state index in [9.17, 15) is 0 Å². The average molecular weight is 429 g/mol. The fraction of sp³-hybridized carbons (Fsp3) is 0.261. The highest BCUT2D eigenvalue weighted by Crippen LogP contribution is 2.37. The lowest BCUT2D eigenvalue weighted by Gasteiger charge is -2.34. The van der Waals surface area contributed by atoms with E-state index < -0.39 is 0 Å². The third kappa shape index (κ3) is 3.36. The molecule has 0 aliphatic carbocycles. The van der Waals surface area contributed by atoms with Gasteiger partial charge in [0.05, 0.1) is 11.4 Å². The topological polar surface area (TPSA) is 94.0 Å². The van der Waals surface area contributed by atoms with E-state index in [1.165, 1.54) is 0 Å². The molecular weight excluding hydrogens is 406 g/mol. The number of fused-ring (bicyclic) bond motifs is 2. The fourth-order valence-electron chi connectivity index (χ4n) is 4.31. The Bertz CT molecular complexity index is 1270. The number of rotatable bonds is 4. The molecule has 1 aromatic carbocycles. The van der Waals surface area contributed by atoms with Crippen LogP contribution in [0.15, 0.2) is 55.0 Å². The molecule has 162 valence electrons. The van der Waals surface area contributed by atoms with Crippen molar-refractivity contribution in [2.24, 2.45) is 0 Å². The third-order valence-corrected chi connectivity index (χ3v) is 5.97. The number of aromatic nitrogens is 4. The van der Waals surface area contributed by atoms with E-state index in [0.29, 0.717) is 5.69 Å². The van der Waals surface area contributed by atoms with E-state index in [4.69, 9.17) is 20.2 Å². The lowest BCUT2D eigenvalue weighted by atomic mass is 10.1. The summed E-state index contributed by atoms with van der Waals surface area (Å²) >= 11 is 0. The van der Waals surface area contributed by atoms with Crippen LogP contribution in [-0.4, -0.2) is 57.2 Å². The maximum atomic E-state index is 6.11. The number of ether oxygens (including phenoxy) is 2. The van der Waals surface area contributed by atoms with E-state index in [-0.39, 0.29) is 6.79 Å². The summed E-state index contributed by atoms with van der Waals surface area (Å²) in [5.74, 6) is 2.31. The highest BCUT2D eigenvalue weighted by atomic mass is 16.7. The number of pyridine rings is 1. The molecule has 4 aromatic rings. The van der Waals surface area contributed by atoms with Gasteiger partial charge in [-0.2, -0.15) is 0 Å². The van der Waals surface area contributed by atoms with Gasteiger partial charge in [-0.3, -0.25) is 4.90 Å². The van der Waals surface area contributed by atoms with Crippen molar-refractivity contribution >= 4 is 17.3 Å². The molecular formula is C23H23N7O2. The standard InChI is InChI=1S/C23H23N7O2/c24-17-3-5-21-27-22(16-2-4-19-20(12-16)32-15-31-19)18(30(21)13-17)14-28-8-10-29(11-9-28)23-25-6-1-7-26-23/h1-7,12-13H,8-11,14-15,24H2. The molecule has 1 saturated heterocycles. The van der Waals surface area contributed by atoms with Gasteiger partial charge in [-0.25, -0.2) is 15.0 Å². The summed E-state index contributed by atoms with van der Waals surface area (Å²) in [7, 11) is 0. The molecule has 3 aromatic heterocycles. The minimum absolute atomic E-state index is 0.253. The van der Waals surface area contributed by atoms with E-state index in [0.717, 1.165) is 72.8 Å². The Balaban J connectivity index is 1.31. The smallest absolute Gasteiger partial charge is 0.231 e. The molecule has 9 nitrogen and oxygen atoms in total. The fourth-order valence-corrected chi connectivity index (χ4v) is 4.31. The van der Waals surface area contributed by atoms with Crippen LogP contribution in [0.3, 0.4) is 0 Å². The number of nitrogen functional groups attached to an aromatic ring is 1. The van der Waals surface area contributed by atoms with Gasteiger partial charge < -0.3 is 24.5 Å². The van der Waals surface area contributed by atoms with E-state index in [1.807, 2.05) is 42.6 Å². The first-order valence-corrected chi connectivity index (χ1v) is 10.7. The molecule has 0 bridgehead atoms. The van der Waals surface area contributed by atoms with Gasteiger partial charge in [0.25, 0.3) is 0 Å². The molecule has 0 spiro atoms. The van der Waals surface area contributed by atoms with Gasteiger partial charge in [0, 0.05) is 62.6 Å². The number of nitrogens with two attached hydrogens (primary N) is 1. The molecule has 2 aliphatic heterocycles. The van der Waals surface area contributed by atoms with Gasteiger partial charge in [-0.05, 0) is 36.4 Å². The summed E-state index contributed by atoms with van der Waals surface area (Å²) in [5, 5.41) is 0. The zero-order valence-corrected chi connectivity index (χ0v) is 17.5. The number of hydrogen-bond acceptors (Lipinski definition) is 8. The van der Waals surface area contributed by atoms with Gasteiger partial charge in [-0.1, -0.05) is 0 Å². The van der Waals surface area contributed by atoms with Crippen molar-refractivity contribution in [3.05, 3.63) is 60.7 Å². The molecule has 0 radical (unpaired) electrons. The molecule has 0 saturated carbocycles. The second-order valence-corrected chi connectivity index (χ2v) is 7.98. The van der Waals surface area contributed by atoms with Crippen LogP contribution in [0.5, 0.6) is 11.5 Å². The molecule has 2 N–H and O–H groups in total. The molecule has 5 heterocycles. The number of anilines is 2. The Morgan fingerprint density at radius 1 is 0.938 bits per heavy atom. The van der Waals surface area contributed by atoms with Gasteiger partial charge in [0.15, 0.2) is 11.5 Å². The van der Waals surface area contributed by atoms with Gasteiger partial charge in [-0.15, -0.1) is 0 Å². The van der Waals surface area contributed by atoms with Crippen LogP contribution < -0.4 is 20.1 Å². The number of nitrogens with zero attached hydrogens (tertiary/aromatic N) is 6. The Kier molecular flexibility index (Phi) is 4.53. The van der Waals surface area contributed by atoms with Crippen LogP contribution in [0.1, 0.15) is 5.69 Å². The minimum atomic E-state index is 0.253. The van der Waals surface area contributed by atoms with E-state index in [2.05, 4.69) is 24.2 Å². The average Bonchev–Trinajstić information content (AvgIpc) is 3.44. The van der Waals surface area contributed by atoms with E-state index in [1.54, 1.807) is 12.4 Å². The van der Waals surface area contributed by atoms with Crippen molar-refractivity contribution in [2.45, 2.75) is 6.54 Å². The Morgan fingerprint density at radius 3 is 2.59 bits per heavy atom. The Hall–Kier alpha value is -3.85. The third-order valence-electron chi connectivity index (χ3n) is 5.97. The van der Waals surface area contributed by atoms with Crippen molar-refractivity contribution in [2.75, 3.05) is 43.6 Å². The first kappa shape index (κ1) is 18.9. The van der Waals surface area contributed by atoms with Crippen LogP contribution in [-0.2, 0) is 6.54 Å². The molecule has 32 heavy (non-hydrogen) atoms. The van der Waals surface area contributed by atoms with Crippen molar-refractivity contribution in [3.8, 4) is 22.8 Å². The minimum Gasteiger partial charge on any atom is -0.454 e. The molecule has 2 aliphatic rings. The summed E-state index contributed by atoms with van der Waals surface area (Å²) in [6.45, 7) is 4.59. The summed E-state index contributed by atoms with van der Waals surface area (Å²) in [5.41, 5.74) is 10.7. The summed E-state index contributed by atoms with van der Waals surface area (Å²) < 4.78 is 13.2. The van der Waals surface area contributed by atoms with Gasteiger partial charge in [0.1, 0.15) is 5.65 Å².